The molecule has 1 fully saturated rings. The molecule has 2 heterocycles. The molecule has 5 nitrogen and oxygen atoms in total. The number of hydrogen-bond acceptors (Lipinski definition) is 3. The van der Waals surface area contributed by atoms with E-state index in [9.17, 15) is 9.18 Å². The van der Waals surface area contributed by atoms with Gasteiger partial charge in [-0.2, -0.15) is 0 Å². The van der Waals surface area contributed by atoms with Crippen molar-refractivity contribution in [2.24, 2.45) is 7.05 Å². The number of halogens is 2. The van der Waals surface area contributed by atoms with Crippen molar-refractivity contribution >= 4 is 17.5 Å². The van der Waals surface area contributed by atoms with Crippen molar-refractivity contribution < 1.29 is 13.9 Å². The first-order valence-electron chi connectivity index (χ1n) is 8.22. The first-order valence-corrected chi connectivity index (χ1v) is 8.59. The molecule has 1 unspecified atom stereocenters. The summed E-state index contributed by atoms with van der Waals surface area (Å²) in [7, 11) is 1.78. The molecule has 0 spiro atoms. The standard InChI is InChI=1S/C18H21ClFN3O2/c1-22-12-14(19)10-16(22)18(24)21-11-17(23-6-8-25-9-7-23)13-2-4-15(20)5-3-13/h2-5,10,12,17H,6-9,11H2,1H3,(H,21,24). The number of hydrogen-bond donors (Lipinski definition) is 1. The van der Waals surface area contributed by atoms with Gasteiger partial charge in [-0.25, -0.2) is 4.39 Å². The van der Waals surface area contributed by atoms with E-state index in [1.54, 1.807) is 36.0 Å². The van der Waals surface area contributed by atoms with E-state index in [2.05, 4.69) is 10.2 Å². The lowest BCUT2D eigenvalue weighted by atomic mass is 10.0. The zero-order chi connectivity index (χ0) is 17.8. The highest BCUT2D eigenvalue weighted by Gasteiger charge is 2.24. The molecule has 1 saturated heterocycles. The summed E-state index contributed by atoms with van der Waals surface area (Å²) in [6.07, 6.45) is 1.69. The van der Waals surface area contributed by atoms with Crippen molar-refractivity contribution in [3.8, 4) is 0 Å². The van der Waals surface area contributed by atoms with Gasteiger partial charge in [0.25, 0.3) is 5.91 Å². The van der Waals surface area contributed by atoms with Crippen LogP contribution in [-0.2, 0) is 11.8 Å². The second-order valence-corrected chi connectivity index (χ2v) is 6.52. The highest BCUT2D eigenvalue weighted by Crippen LogP contribution is 2.22. The average Bonchev–Trinajstić information content (AvgIpc) is 2.96. The van der Waals surface area contributed by atoms with E-state index in [0.717, 1.165) is 18.7 Å². The SMILES string of the molecule is Cn1cc(Cl)cc1C(=O)NCC(c1ccc(F)cc1)N1CCOCC1. The Balaban J connectivity index is 1.74. The van der Waals surface area contributed by atoms with Gasteiger partial charge in [0, 0.05) is 32.9 Å². The normalized spacial score (nSPS) is 16.6. The average molecular weight is 366 g/mol. The van der Waals surface area contributed by atoms with E-state index in [4.69, 9.17) is 16.3 Å². The molecule has 1 atom stereocenters. The highest BCUT2D eigenvalue weighted by molar-refractivity contribution is 6.31. The lowest BCUT2D eigenvalue weighted by molar-refractivity contribution is 0.0162. The number of amides is 1. The van der Waals surface area contributed by atoms with Crippen molar-refractivity contribution in [3.05, 3.63) is 58.6 Å². The van der Waals surface area contributed by atoms with Crippen molar-refractivity contribution in [1.29, 1.82) is 0 Å². The minimum absolute atomic E-state index is 0.0378. The summed E-state index contributed by atoms with van der Waals surface area (Å²) >= 11 is 5.95. The number of aromatic nitrogens is 1. The Hall–Kier alpha value is -1.89. The van der Waals surface area contributed by atoms with Gasteiger partial charge >= 0.3 is 0 Å². The van der Waals surface area contributed by atoms with Crippen molar-refractivity contribution in [3.63, 3.8) is 0 Å². The van der Waals surface area contributed by atoms with Gasteiger partial charge in [0.05, 0.1) is 24.3 Å². The second kappa shape index (κ2) is 7.99. The Morgan fingerprint density at radius 2 is 2.00 bits per heavy atom. The lowest BCUT2D eigenvalue weighted by Crippen LogP contribution is -2.44. The van der Waals surface area contributed by atoms with Crippen molar-refractivity contribution in [2.75, 3.05) is 32.8 Å². The Morgan fingerprint density at radius 1 is 1.32 bits per heavy atom. The van der Waals surface area contributed by atoms with Gasteiger partial charge in [-0.1, -0.05) is 23.7 Å². The third-order valence-electron chi connectivity index (χ3n) is 4.40. The second-order valence-electron chi connectivity index (χ2n) is 6.08. The number of morpholine rings is 1. The first kappa shape index (κ1) is 17.9. The molecule has 1 N–H and O–H groups in total. The fourth-order valence-corrected chi connectivity index (χ4v) is 3.31. The van der Waals surface area contributed by atoms with Crippen LogP contribution in [0.4, 0.5) is 4.39 Å². The van der Waals surface area contributed by atoms with Gasteiger partial charge in [-0.15, -0.1) is 0 Å². The number of ether oxygens (including phenoxy) is 1. The lowest BCUT2D eigenvalue weighted by Gasteiger charge is -2.35. The van der Waals surface area contributed by atoms with E-state index < -0.39 is 0 Å². The molecule has 1 aromatic carbocycles. The largest absolute Gasteiger partial charge is 0.379 e. The van der Waals surface area contributed by atoms with Crippen LogP contribution >= 0.6 is 11.6 Å². The quantitative estimate of drug-likeness (QED) is 0.886. The zero-order valence-corrected chi connectivity index (χ0v) is 14.8. The highest BCUT2D eigenvalue weighted by atomic mass is 35.5. The molecule has 1 aromatic heterocycles. The molecule has 0 aliphatic carbocycles. The Morgan fingerprint density at radius 3 is 2.60 bits per heavy atom. The molecule has 1 aliphatic rings. The number of nitrogens with one attached hydrogen (secondary N) is 1. The van der Waals surface area contributed by atoms with E-state index >= 15 is 0 Å². The number of benzene rings is 1. The molecule has 25 heavy (non-hydrogen) atoms. The zero-order valence-electron chi connectivity index (χ0n) is 14.0. The molecule has 134 valence electrons. The molecule has 0 radical (unpaired) electrons. The summed E-state index contributed by atoms with van der Waals surface area (Å²) in [5.74, 6) is -0.457. The number of aryl methyl sites for hydroxylation is 1. The summed E-state index contributed by atoms with van der Waals surface area (Å²) in [5.41, 5.74) is 1.47. The van der Waals surface area contributed by atoms with Crippen LogP contribution in [0.25, 0.3) is 0 Å². The van der Waals surface area contributed by atoms with Crippen LogP contribution in [0.5, 0.6) is 0 Å². The summed E-state index contributed by atoms with van der Waals surface area (Å²) in [6.45, 7) is 3.27. The van der Waals surface area contributed by atoms with Gasteiger partial charge in [0.15, 0.2) is 0 Å². The predicted molar refractivity (Wildman–Crippen MR) is 94.3 cm³/mol. The van der Waals surface area contributed by atoms with Crippen LogP contribution in [0.15, 0.2) is 36.5 Å². The topological polar surface area (TPSA) is 46.5 Å². The molecular formula is C18H21ClFN3O2. The van der Waals surface area contributed by atoms with E-state index in [0.29, 0.717) is 30.5 Å². The van der Waals surface area contributed by atoms with Crippen LogP contribution in [-0.4, -0.2) is 48.2 Å². The van der Waals surface area contributed by atoms with Crippen LogP contribution in [0.1, 0.15) is 22.1 Å². The molecule has 3 rings (SSSR count). The number of rotatable bonds is 5. The molecule has 1 amide bonds. The summed E-state index contributed by atoms with van der Waals surface area (Å²) in [5, 5.41) is 3.49. The molecular weight excluding hydrogens is 345 g/mol. The maximum Gasteiger partial charge on any atom is 0.268 e. The van der Waals surface area contributed by atoms with E-state index in [-0.39, 0.29) is 17.8 Å². The fraction of sp³-hybridized carbons (Fsp3) is 0.389. The number of carbonyl (C=O) groups is 1. The Labute approximate surface area is 151 Å². The van der Waals surface area contributed by atoms with Gasteiger partial charge in [-0.3, -0.25) is 9.69 Å². The van der Waals surface area contributed by atoms with E-state index in [1.807, 2.05) is 0 Å². The van der Waals surface area contributed by atoms with Gasteiger partial charge in [0.2, 0.25) is 0 Å². The summed E-state index contributed by atoms with van der Waals surface area (Å²) < 4.78 is 20.4. The van der Waals surface area contributed by atoms with Gasteiger partial charge < -0.3 is 14.6 Å². The molecule has 1 aliphatic heterocycles. The molecule has 0 saturated carbocycles. The third kappa shape index (κ3) is 4.39. The smallest absolute Gasteiger partial charge is 0.268 e. The maximum atomic E-state index is 13.3. The first-order chi connectivity index (χ1) is 12.0. The van der Waals surface area contributed by atoms with Gasteiger partial charge in [0.1, 0.15) is 11.5 Å². The van der Waals surface area contributed by atoms with Crippen LogP contribution in [0, 0.1) is 5.82 Å². The fourth-order valence-electron chi connectivity index (χ4n) is 3.06. The molecule has 0 bridgehead atoms. The number of carbonyl (C=O) groups excluding carboxylic acids is 1. The Kier molecular flexibility index (Phi) is 5.73. The number of nitrogens with zero attached hydrogens (tertiary/aromatic N) is 2. The predicted octanol–water partition coefficient (Wildman–Crippen LogP) is 2.62. The van der Waals surface area contributed by atoms with E-state index in [1.165, 1.54) is 12.1 Å². The summed E-state index contributed by atoms with van der Waals surface area (Å²) in [4.78, 5) is 14.7. The van der Waals surface area contributed by atoms with Crippen molar-refractivity contribution in [1.82, 2.24) is 14.8 Å². The van der Waals surface area contributed by atoms with Gasteiger partial charge in [-0.05, 0) is 23.8 Å². The molecule has 7 heteroatoms. The van der Waals surface area contributed by atoms with Crippen LogP contribution < -0.4 is 5.32 Å². The van der Waals surface area contributed by atoms with Crippen molar-refractivity contribution in [2.45, 2.75) is 6.04 Å². The monoisotopic (exact) mass is 365 g/mol. The third-order valence-corrected chi connectivity index (χ3v) is 4.61. The van der Waals surface area contributed by atoms with Crippen LogP contribution in [0.2, 0.25) is 5.02 Å². The Bertz CT molecular complexity index is 726. The minimum atomic E-state index is -0.271. The molecule has 2 aromatic rings. The summed E-state index contributed by atoms with van der Waals surface area (Å²) in [6, 6.07) is 8.02. The maximum absolute atomic E-state index is 13.3. The van der Waals surface area contributed by atoms with Crippen LogP contribution in [0.3, 0.4) is 0 Å². The minimum Gasteiger partial charge on any atom is -0.379 e.